The maximum absolute atomic E-state index is 11.0. The molecular weight excluding hydrogens is 199 g/mol. The monoisotopic (exact) mass is 204 g/mol. The van der Waals surface area contributed by atoms with Gasteiger partial charge in [-0.2, -0.15) is 0 Å². The minimum Gasteiger partial charge on any atom is -0.331 e. The second-order valence-corrected chi connectivity index (χ2v) is 2.61. The van der Waals surface area contributed by atoms with Crippen LogP contribution in [-0.2, 0) is 4.79 Å². The van der Waals surface area contributed by atoms with E-state index in [4.69, 9.17) is 11.6 Å². The van der Waals surface area contributed by atoms with E-state index in [1.165, 1.54) is 0 Å². The molecule has 0 amide bonds. The Balaban J connectivity index is 0.00000144. The number of halogens is 1. The first-order valence-corrected chi connectivity index (χ1v) is 3.70. The molecule has 0 unspecified atom stereocenters. The maximum atomic E-state index is 11.0. The van der Waals surface area contributed by atoms with Crippen molar-refractivity contribution >= 4 is 23.7 Å². The predicted molar refractivity (Wildman–Crippen MR) is 46.1 cm³/mol. The Morgan fingerprint density at radius 3 is 2.31 bits per heavy atom. The van der Waals surface area contributed by atoms with Gasteiger partial charge in [0.25, 0.3) is 0 Å². The van der Waals surface area contributed by atoms with Crippen LogP contribution in [-0.4, -0.2) is 12.1 Å². The van der Waals surface area contributed by atoms with Crippen LogP contribution in [0.3, 0.4) is 0 Å². The van der Waals surface area contributed by atoms with Gasteiger partial charge in [0.15, 0.2) is 0 Å². The number of benzene rings is 1. The molecule has 1 aromatic carbocycles. The zero-order valence-electron chi connectivity index (χ0n) is 7.16. The molecule has 0 heterocycles. The summed E-state index contributed by atoms with van der Waals surface area (Å²) in [5.74, 6) is -0.304. The van der Waals surface area contributed by atoms with Gasteiger partial charge in [-0.05, 0) is 0 Å². The third-order valence-corrected chi connectivity index (χ3v) is 1.60. The molecule has 0 saturated heterocycles. The number of ketones is 1. The number of Topliss-reactive ketones (excluding diaryl/α,β-unsaturated/α-hetero) is 1. The number of hydrogen-bond acceptors (Lipinski definition) is 2. The molecule has 62 valence electrons. The standard InChI is InChI=1S/C9H6ClO2.Na/c10-8-3-1-7(2-4-8)9(12)5-6-11;/h1-6H;/q-1;+1. The van der Waals surface area contributed by atoms with Crippen LogP contribution in [0.4, 0.5) is 0 Å². The van der Waals surface area contributed by atoms with Crippen molar-refractivity contribution in [1.29, 1.82) is 0 Å². The summed E-state index contributed by atoms with van der Waals surface area (Å²) in [7, 11) is 0. The fraction of sp³-hybridized carbons (Fsp3) is 0. The Bertz CT molecular complexity index is 295. The molecule has 0 saturated carbocycles. The van der Waals surface area contributed by atoms with E-state index < -0.39 is 0 Å². The average Bonchev–Trinajstić information content (AvgIpc) is 2.06. The summed E-state index contributed by atoms with van der Waals surface area (Å²) in [6.07, 6.45) is 1.44. The summed E-state index contributed by atoms with van der Waals surface area (Å²) in [6.45, 7) is 0. The van der Waals surface area contributed by atoms with Gasteiger partial charge in [-0.25, -0.2) is 0 Å². The van der Waals surface area contributed by atoms with Crippen LogP contribution in [0.1, 0.15) is 10.4 Å². The van der Waals surface area contributed by atoms with Crippen LogP contribution < -0.4 is 29.6 Å². The Morgan fingerprint density at radius 1 is 1.31 bits per heavy atom. The van der Waals surface area contributed by atoms with Gasteiger partial charge in [-0.3, -0.25) is 0 Å². The summed E-state index contributed by atoms with van der Waals surface area (Å²) in [6, 6.07) is 6.36. The average molecular weight is 205 g/mol. The van der Waals surface area contributed by atoms with Crippen LogP contribution in [0.15, 0.2) is 24.3 Å². The van der Waals surface area contributed by atoms with Crippen molar-refractivity contribution in [3.63, 3.8) is 0 Å². The molecule has 4 heteroatoms. The molecule has 1 aromatic rings. The third-order valence-electron chi connectivity index (χ3n) is 1.35. The van der Waals surface area contributed by atoms with Crippen LogP contribution in [0.25, 0.3) is 0 Å². The van der Waals surface area contributed by atoms with Crippen LogP contribution in [0.5, 0.6) is 0 Å². The molecule has 0 aliphatic carbocycles. The molecule has 0 radical (unpaired) electrons. The van der Waals surface area contributed by atoms with Gasteiger partial charge >= 0.3 is 29.6 Å². The van der Waals surface area contributed by atoms with Gasteiger partial charge in [0.2, 0.25) is 0 Å². The third kappa shape index (κ3) is 3.96. The smallest absolute Gasteiger partial charge is 0.331 e. The van der Waals surface area contributed by atoms with Crippen molar-refractivity contribution in [2.75, 3.05) is 0 Å². The van der Waals surface area contributed by atoms with Gasteiger partial charge in [0.05, 0.1) is 6.29 Å². The first kappa shape index (κ1) is 12.7. The largest absolute Gasteiger partial charge is 1.00 e. The fourth-order valence-corrected chi connectivity index (χ4v) is 0.898. The number of carbonyl (C=O) groups is 2. The van der Waals surface area contributed by atoms with Crippen LogP contribution >= 0.6 is 11.6 Å². The summed E-state index contributed by atoms with van der Waals surface area (Å²) >= 11 is 5.60. The second kappa shape index (κ2) is 6.22. The van der Waals surface area contributed by atoms with Crippen LogP contribution in [0.2, 0.25) is 5.02 Å². The minimum absolute atomic E-state index is 0. The van der Waals surface area contributed by atoms with E-state index in [0.717, 1.165) is 6.42 Å². The molecule has 0 aromatic heterocycles. The van der Waals surface area contributed by atoms with Crippen molar-refractivity contribution in [1.82, 2.24) is 0 Å². The summed E-state index contributed by atoms with van der Waals surface area (Å²) < 4.78 is 0. The van der Waals surface area contributed by atoms with E-state index in [9.17, 15) is 9.59 Å². The van der Waals surface area contributed by atoms with Crippen molar-refractivity contribution in [3.8, 4) is 0 Å². The molecular formula is C9H6ClNaO2. The molecule has 1 rings (SSSR count). The number of carbonyl (C=O) groups excluding carboxylic acids is 2. The molecule has 0 atom stereocenters. The summed E-state index contributed by atoms with van der Waals surface area (Å²) in [5.41, 5.74) is 0.464. The molecule has 0 bridgehead atoms. The predicted octanol–water partition coefficient (Wildman–Crippen LogP) is -1.07. The topological polar surface area (TPSA) is 34.1 Å². The fourth-order valence-electron chi connectivity index (χ4n) is 0.772. The van der Waals surface area contributed by atoms with Crippen molar-refractivity contribution in [3.05, 3.63) is 41.3 Å². The molecule has 0 spiro atoms. The Hall–Kier alpha value is -0.280. The van der Waals surface area contributed by atoms with E-state index in [1.807, 2.05) is 0 Å². The van der Waals surface area contributed by atoms with Gasteiger partial charge in [0, 0.05) is 10.8 Å². The number of aldehydes is 1. The second-order valence-electron chi connectivity index (χ2n) is 2.17. The van der Waals surface area contributed by atoms with E-state index in [2.05, 4.69) is 0 Å². The normalized spacial score (nSPS) is 8.38. The Labute approximate surface area is 104 Å². The van der Waals surface area contributed by atoms with Gasteiger partial charge in [0.1, 0.15) is 0 Å². The zero-order chi connectivity index (χ0) is 8.97. The molecule has 0 aliphatic heterocycles. The van der Waals surface area contributed by atoms with Gasteiger partial charge in [-0.1, -0.05) is 23.7 Å². The molecule has 0 N–H and O–H groups in total. The van der Waals surface area contributed by atoms with E-state index in [-0.39, 0.29) is 35.3 Å². The Kier molecular flexibility index (Phi) is 6.08. The van der Waals surface area contributed by atoms with Crippen molar-refractivity contribution in [2.45, 2.75) is 0 Å². The zero-order valence-corrected chi connectivity index (χ0v) is 9.91. The maximum Gasteiger partial charge on any atom is 1.00 e. The van der Waals surface area contributed by atoms with Gasteiger partial charge in [-0.15, -0.1) is 24.1 Å². The quantitative estimate of drug-likeness (QED) is 0.207. The van der Waals surface area contributed by atoms with E-state index >= 15 is 0 Å². The molecule has 13 heavy (non-hydrogen) atoms. The first-order valence-electron chi connectivity index (χ1n) is 3.32. The molecule has 0 aliphatic rings. The molecule has 2 nitrogen and oxygen atoms in total. The minimum atomic E-state index is -0.304. The number of rotatable bonds is 3. The van der Waals surface area contributed by atoms with Gasteiger partial charge < -0.3 is 9.59 Å². The SMILES string of the molecule is O=C[CH-]C(=O)c1ccc(Cl)cc1.[Na+]. The van der Waals surface area contributed by atoms with E-state index in [1.54, 1.807) is 24.3 Å². The van der Waals surface area contributed by atoms with Crippen LogP contribution in [0, 0.1) is 6.42 Å². The summed E-state index contributed by atoms with van der Waals surface area (Å²) in [5, 5.41) is 0.567. The first-order chi connectivity index (χ1) is 5.74. The molecule has 0 fully saturated rings. The number of hydrogen-bond donors (Lipinski definition) is 0. The van der Waals surface area contributed by atoms with Crippen molar-refractivity contribution in [2.24, 2.45) is 0 Å². The van der Waals surface area contributed by atoms with E-state index in [0.29, 0.717) is 16.9 Å². The van der Waals surface area contributed by atoms with Crippen molar-refractivity contribution < 1.29 is 39.1 Å². The Morgan fingerprint density at radius 2 is 1.85 bits per heavy atom. The summed E-state index contributed by atoms with van der Waals surface area (Å²) in [4.78, 5) is 21.0.